The number of aliphatic carboxylic acids is 1. The van der Waals surface area contributed by atoms with Gasteiger partial charge in [0.05, 0.1) is 22.7 Å². The van der Waals surface area contributed by atoms with E-state index in [2.05, 4.69) is 15.5 Å². The third-order valence-corrected chi connectivity index (χ3v) is 4.30. The highest BCUT2D eigenvalue weighted by Gasteiger charge is 2.32. The average Bonchev–Trinajstić information content (AvgIpc) is 2.78. The standard InChI is InChI=1S/C12H8Cl2FN3O3S/c13-6-2-1-5(9(14)10(6)15)4-16-18-12-17-11(21)7(22-12)3-8(19)20/h1-2,4,7H,3H2,(H,19,20)(H,17,18,21). The molecule has 1 unspecified atom stereocenters. The number of amides is 1. The van der Waals surface area contributed by atoms with Gasteiger partial charge in [0, 0.05) is 5.56 Å². The molecule has 2 rings (SSSR count). The van der Waals surface area contributed by atoms with Crippen molar-refractivity contribution in [2.75, 3.05) is 0 Å². The summed E-state index contributed by atoms with van der Waals surface area (Å²) in [7, 11) is 0. The lowest BCUT2D eigenvalue weighted by atomic mass is 10.2. The molecule has 0 bridgehead atoms. The Kier molecular flexibility index (Phi) is 5.38. The molecule has 1 aliphatic heterocycles. The van der Waals surface area contributed by atoms with Crippen LogP contribution in [-0.2, 0) is 9.59 Å². The molecule has 1 aromatic rings. The van der Waals surface area contributed by atoms with Crippen LogP contribution in [0.15, 0.2) is 22.3 Å². The zero-order valence-electron chi connectivity index (χ0n) is 10.7. The van der Waals surface area contributed by atoms with Gasteiger partial charge in [-0.3, -0.25) is 9.59 Å². The van der Waals surface area contributed by atoms with Gasteiger partial charge in [-0.05, 0) is 6.07 Å². The number of nitrogens with zero attached hydrogens (tertiary/aromatic N) is 2. The highest BCUT2D eigenvalue weighted by Crippen LogP contribution is 2.25. The summed E-state index contributed by atoms with van der Waals surface area (Å²) in [5, 5.41) is 17.6. The molecule has 0 spiro atoms. The minimum absolute atomic E-state index is 0.108. The molecule has 1 atom stereocenters. The summed E-state index contributed by atoms with van der Waals surface area (Å²) < 4.78 is 13.5. The van der Waals surface area contributed by atoms with Gasteiger partial charge in [0.25, 0.3) is 0 Å². The van der Waals surface area contributed by atoms with E-state index >= 15 is 0 Å². The Hall–Kier alpha value is -1.64. The molecule has 0 aromatic heterocycles. The lowest BCUT2D eigenvalue weighted by Gasteiger charge is -2.00. The van der Waals surface area contributed by atoms with E-state index in [0.29, 0.717) is 0 Å². The number of halogens is 3. The van der Waals surface area contributed by atoms with Gasteiger partial charge >= 0.3 is 5.97 Å². The topological polar surface area (TPSA) is 91.1 Å². The van der Waals surface area contributed by atoms with Gasteiger partial charge in [-0.25, -0.2) is 4.39 Å². The van der Waals surface area contributed by atoms with Crippen LogP contribution < -0.4 is 5.32 Å². The van der Waals surface area contributed by atoms with Gasteiger partial charge in [0.15, 0.2) is 11.0 Å². The van der Waals surface area contributed by atoms with Gasteiger partial charge < -0.3 is 10.4 Å². The summed E-state index contributed by atoms with van der Waals surface area (Å²) in [5.41, 5.74) is 0.268. The predicted octanol–water partition coefficient (Wildman–Crippen LogP) is 2.53. The van der Waals surface area contributed by atoms with Gasteiger partial charge in [-0.1, -0.05) is 41.0 Å². The van der Waals surface area contributed by atoms with E-state index in [1.165, 1.54) is 18.3 Å². The van der Waals surface area contributed by atoms with Crippen LogP contribution >= 0.6 is 35.0 Å². The van der Waals surface area contributed by atoms with Crippen molar-refractivity contribution in [1.29, 1.82) is 0 Å². The highest BCUT2D eigenvalue weighted by molar-refractivity contribution is 8.15. The summed E-state index contributed by atoms with van der Waals surface area (Å²) in [4.78, 5) is 22.1. The van der Waals surface area contributed by atoms with Crippen LogP contribution in [0.1, 0.15) is 12.0 Å². The number of benzene rings is 1. The van der Waals surface area contributed by atoms with E-state index in [-0.39, 0.29) is 27.2 Å². The first-order valence-corrected chi connectivity index (χ1v) is 7.46. The molecule has 1 heterocycles. The summed E-state index contributed by atoms with van der Waals surface area (Å²) in [5.74, 6) is -2.29. The molecule has 0 aliphatic carbocycles. The summed E-state index contributed by atoms with van der Waals surface area (Å²) in [6, 6.07) is 2.79. The Morgan fingerprint density at radius 2 is 2.23 bits per heavy atom. The second kappa shape index (κ2) is 7.08. The number of thioether (sulfide) groups is 1. The maximum atomic E-state index is 13.5. The van der Waals surface area contributed by atoms with Crippen LogP contribution in [0.3, 0.4) is 0 Å². The zero-order valence-corrected chi connectivity index (χ0v) is 13.0. The van der Waals surface area contributed by atoms with Gasteiger partial charge in [0.1, 0.15) is 5.25 Å². The first-order valence-electron chi connectivity index (χ1n) is 5.82. The third-order valence-electron chi connectivity index (χ3n) is 2.55. The molecule has 10 heteroatoms. The summed E-state index contributed by atoms with van der Waals surface area (Å²) >= 11 is 12.3. The van der Waals surface area contributed by atoms with Crippen molar-refractivity contribution in [3.05, 3.63) is 33.6 Å². The van der Waals surface area contributed by atoms with Crippen LogP contribution in [0.25, 0.3) is 0 Å². The Morgan fingerprint density at radius 3 is 2.91 bits per heavy atom. The molecule has 116 valence electrons. The van der Waals surface area contributed by atoms with Crippen LogP contribution in [0.5, 0.6) is 0 Å². The Labute approximate surface area is 138 Å². The monoisotopic (exact) mass is 363 g/mol. The number of carboxylic acid groups (broad SMARTS) is 1. The number of rotatable bonds is 4. The Morgan fingerprint density at radius 1 is 1.50 bits per heavy atom. The zero-order chi connectivity index (χ0) is 16.3. The lowest BCUT2D eigenvalue weighted by Crippen LogP contribution is -2.26. The van der Waals surface area contributed by atoms with Crippen molar-refractivity contribution >= 4 is 58.2 Å². The van der Waals surface area contributed by atoms with E-state index in [9.17, 15) is 14.0 Å². The lowest BCUT2D eigenvalue weighted by molar-refractivity contribution is -0.138. The molecule has 1 fully saturated rings. The highest BCUT2D eigenvalue weighted by atomic mass is 35.5. The van der Waals surface area contributed by atoms with Crippen LogP contribution in [-0.4, -0.2) is 33.6 Å². The van der Waals surface area contributed by atoms with E-state index in [1.807, 2.05) is 0 Å². The third kappa shape index (κ3) is 3.96. The maximum absolute atomic E-state index is 13.5. The largest absolute Gasteiger partial charge is 0.481 e. The van der Waals surface area contributed by atoms with Gasteiger partial charge in [-0.2, -0.15) is 5.10 Å². The second-order valence-corrected chi connectivity index (χ2v) is 6.08. The average molecular weight is 364 g/mol. The van der Waals surface area contributed by atoms with E-state index in [0.717, 1.165) is 11.8 Å². The molecular weight excluding hydrogens is 356 g/mol. The molecule has 1 saturated heterocycles. The first-order chi connectivity index (χ1) is 10.4. The molecule has 1 aliphatic rings. The molecular formula is C12H8Cl2FN3O3S. The molecule has 1 aromatic carbocycles. The number of carboxylic acids is 1. The van der Waals surface area contributed by atoms with Crippen LogP contribution in [0.4, 0.5) is 4.39 Å². The van der Waals surface area contributed by atoms with Crippen molar-refractivity contribution in [3.63, 3.8) is 0 Å². The minimum Gasteiger partial charge on any atom is -0.481 e. The first kappa shape index (κ1) is 16.7. The number of hydrogen-bond donors (Lipinski definition) is 2. The summed E-state index contributed by atoms with van der Waals surface area (Å²) in [6.45, 7) is 0. The minimum atomic E-state index is -1.08. The molecule has 2 N–H and O–H groups in total. The normalized spacial score (nSPS) is 19.9. The quantitative estimate of drug-likeness (QED) is 0.488. The van der Waals surface area contributed by atoms with Crippen molar-refractivity contribution in [2.24, 2.45) is 10.2 Å². The van der Waals surface area contributed by atoms with Crippen LogP contribution in [0.2, 0.25) is 10.0 Å². The van der Waals surface area contributed by atoms with Crippen molar-refractivity contribution < 1.29 is 19.1 Å². The maximum Gasteiger partial charge on any atom is 0.305 e. The predicted molar refractivity (Wildman–Crippen MR) is 83.2 cm³/mol. The van der Waals surface area contributed by atoms with E-state index in [4.69, 9.17) is 28.3 Å². The molecule has 6 nitrogen and oxygen atoms in total. The molecule has 0 radical (unpaired) electrons. The van der Waals surface area contributed by atoms with E-state index in [1.54, 1.807) is 0 Å². The fourth-order valence-electron chi connectivity index (χ4n) is 1.53. The molecule has 22 heavy (non-hydrogen) atoms. The number of amidine groups is 1. The van der Waals surface area contributed by atoms with Crippen molar-refractivity contribution in [3.8, 4) is 0 Å². The van der Waals surface area contributed by atoms with E-state index < -0.39 is 22.9 Å². The number of carbonyl (C=O) groups excluding carboxylic acids is 1. The molecule has 1 amide bonds. The fraction of sp³-hybridized carbons (Fsp3) is 0.167. The van der Waals surface area contributed by atoms with Crippen LogP contribution in [0, 0.1) is 5.82 Å². The second-order valence-electron chi connectivity index (χ2n) is 4.11. The molecule has 0 saturated carbocycles. The Bertz CT molecular complexity index is 696. The van der Waals surface area contributed by atoms with Crippen molar-refractivity contribution in [1.82, 2.24) is 5.32 Å². The van der Waals surface area contributed by atoms with Gasteiger partial charge in [0.2, 0.25) is 5.91 Å². The Balaban J connectivity index is 2.08. The number of carbonyl (C=O) groups is 2. The summed E-state index contributed by atoms with van der Waals surface area (Å²) in [6.07, 6.45) is 0.888. The number of hydrogen-bond acceptors (Lipinski definition) is 5. The number of nitrogens with one attached hydrogen (secondary N) is 1. The smallest absolute Gasteiger partial charge is 0.305 e. The van der Waals surface area contributed by atoms with Crippen molar-refractivity contribution in [2.45, 2.75) is 11.7 Å². The SMILES string of the molecule is O=C(O)CC1SC(=NN=Cc2ccc(Cl)c(F)c2Cl)NC1=O. The van der Waals surface area contributed by atoms with Gasteiger partial charge in [-0.15, -0.1) is 5.10 Å². The fourth-order valence-corrected chi connectivity index (χ4v) is 2.86.